The van der Waals surface area contributed by atoms with Crippen molar-refractivity contribution in [3.8, 4) is 0 Å². The first-order chi connectivity index (χ1) is 5.42. The second-order valence-electron chi connectivity index (χ2n) is 3.95. The van der Waals surface area contributed by atoms with Crippen LogP contribution in [0.1, 0.15) is 27.7 Å². The van der Waals surface area contributed by atoms with Gasteiger partial charge in [0.25, 0.3) is 0 Å². The highest BCUT2D eigenvalue weighted by Gasteiger charge is 2.08. The highest BCUT2D eigenvalue weighted by atomic mass is 35.5. The van der Waals surface area contributed by atoms with Crippen molar-refractivity contribution in [3.05, 3.63) is 0 Å². The van der Waals surface area contributed by atoms with Crippen LogP contribution in [0.15, 0.2) is 0 Å². The third kappa shape index (κ3) is 10.2. The lowest BCUT2D eigenvalue weighted by Crippen LogP contribution is -2.29. The van der Waals surface area contributed by atoms with Gasteiger partial charge in [-0.05, 0) is 27.7 Å². The Kier molecular flexibility index (Phi) is 5.89. The highest BCUT2D eigenvalue weighted by molar-refractivity contribution is 6.20. The molecule has 0 heterocycles. The van der Waals surface area contributed by atoms with E-state index in [9.17, 15) is 0 Å². The quantitative estimate of drug-likeness (QED) is 0.533. The maximum absolute atomic E-state index is 5.74. The van der Waals surface area contributed by atoms with E-state index in [0.29, 0.717) is 0 Å². The van der Waals surface area contributed by atoms with Crippen molar-refractivity contribution in [1.82, 2.24) is 5.32 Å². The van der Waals surface area contributed by atoms with E-state index in [-0.39, 0.29) is 11.0 Å². The standard InChI is InChI=1S/C9H20ClNO/c1-8(10)7-11-5-6-12-9(2,3)4/h8,11H,5-7H2,1-4H3. The van der Waals surface area contributed by atoms with Crippen LogP contribution in [0.4, 0.5) is 0 Å². The van der Waals surface area contributed by atoms with E-state index < -0.39 is 0 Å². The Labute approximate surface area is 80.6 Å². The average molecular weight is 194 g/mol. The third-order valence-electron chi connectivity index (χ3n) is 1.24. The van der Waals surface area contributed by atoms with Crippen LogP contribution in [0.25, 0.3) is 0 Å². The van der Waals surface area contributed by atoms with E-state index in [4.69, 9.17) is 16.3 Å². The third-order valence-corrected chi connectivity index (χ3v) is 1.39. The Morgan fingerprint density at radius 2 is 2.00 bits per heavy atom. The van der Waals surface area contributed by atoms with E-state index in [1.165, 1.54) is 0 Å². The number of ether oxygens (including phenoxy) is 1. The Balaban J connectivity index is 3.12. The van der Waals surface area contributed by atoms with Crippen molar-refractivity contribution in [3.63, 3.8) is 0 Å². The summed E-state index contributed by atoms with van der Waals surface area (Å²) in [6.45, 7) is 10.6. The second kappa shape index (κ2) is 5.79. The minimum absolute atomic E-state index is 0.0335. The number of alkyl halides is 1. The summed E-state index contributed by atoms with van der Waals surface area (Å²) >= 11 is 5.74. The molecule has 74 valence electrons. The number of halogens is 1. The van der Waals surface area contributed by atoms with Crippen molar-refractivity contribution in [2.45, 2.75) is 38.7 Å². The molecule has 0 aromatic heterocycles. The van der Waals surface area contributed by atoms with Crippen molar-refractivity contribution in [2.24, 2.45) is 0 Å². The predicted molar refractivity (Wildman–Crippen MR) is 53.9 cm³/mol. The number of nitrogens with one attached hydrogen (secondary N) is 1. The van der Waals surface area contributed by atoms with E-state index >= 15 is 0 Å². The lowest BCUT2D eigenvalue weighted by molar-refractivity contribution is -0.000702. The summed E-state index contributed by atoms with van der Waals surface area (Å²) in [6.07, 6.45) is 0. The number of hydrogen-bond donors (Lipinski definition) is 1. The van der Waals surface area contributed by atoms with Crippen LogP contribution in [-0.4, -0.2) is 30.7 Å². The van der Waals surface area contributed by atoms with Gasteiger partial charge in [0.15, 0.2) is 0 Å². The molecule has 0 aromatic rings. The molecule has 1 atom stereocenters. The molecule has 0 aliphatic carbocycles. The van der Waals surface area contributed by atoms with Crippen molar-refractivity contribution in [1.29, 1.82) is 0 Å². The zero-order valence-electron chi connectivity index (χ0n) is 8.48. The summed E-state index contributed by atoms with van der Waals surface area (Å²) in [6, 6.07) is 0. The molecule has 0 saturated heterocycles. The molecular weight excluding hydrogens is 174 g/mol. The van der Waals surface area contributed by atoms with Gasteiger partial charge in [-0.25, -0.2) is 0 Å². The summed E-state index contributed by atoms with van der Waals surface area (Å²) in [5.74, 6) is 0. The minimum atomic E-state index is -0.0335. The van der Waals surface area contributed by atoms with E-state index in [1.807, 2.05) is 6.92 Å². The van der Waals surface area contributed by atoms with Gasteiger partial charge in [-0.15, -0.1) is 11.6 Å². The van der Waals surface area contributed by atoms with Gasteiger partial charge in [-0.2, -0.15) is 0 Å². The molecule has 0 aliphatic rings. The first-order valence-corrected chi connectivity index (χ1v) is 4.84. The van der Waals surface area contributed by atoms with Crippen LogP contribution in [0.2, 0.25) is 0 Å². The number of hydrogen-bond acceptors (Lipinski definition) is 2. The monoisotopic (exact) mass is 193 g/mol. The van der Waals surface area contributed by atoms with Gasteiger partial charge in [0.2, 0.25) is 0 Å². The maximum Gasteiger partial charge on any atom is 0.0599 e. The smallest absolute Gasteiger partial charge is 0.0599 e. The van der Waals surface area contributed by atoms with Gasteiger partial charge in [0.1, 0.15) is 0 Å². The van der Waals surface area contributed by atoms with Crippen LogP contribution >= 0.6 is 11.6 Å². The van der Waals surface area contributed by atoms with Crippen molar-refractivity contribution >= 4 is 11.6 Å². The molecule has 0 aliphatic heterocycles. The fourth-order valence-electron chi connectivity index (χ4n) is 0.730. The van der Waals surface area contributed by atoms with E-state index in [1.54, 1.807) is 0 Å². The predicted octanol–water partition coefficient (Wildman–Crippen LogP) is 2.02. The fourth-order valence-corrected chi connectivity index (χ4v) is 0.839. The molecule has 0 amide bonds. The molecule has 0 bridgehead atoms. The molecule has 0 rings (SSSR count). The molecule has 0 fully saturated rings. The second-order valence-corrected chi connectivity index (χ2v) is 4.69. The molecule has 0 saturated carbocycles. The Morgan fingerprint density at radius 3 is 2.42 bits per heavy atom. The van der Waals surface area contributed by atoms with Crippen molar-refractivity contribution in [2.75, 3.05) is 19.7 Å². The molecule has 0 spiro atoms. The zero-order chi connectivity index (χ0) is 9.61. The summed E-state index contributed by atoms with van der Waals surface area (Å²) in [4.78, 5) is 0. The molecule has 2 nitrogen and oxygen atoms in total. The maximum atomic E-state index is 5.74. The van der Waals surface area contributed by atoms with Crippen LogP contribution in [0, 0.1) is 0 Å². The SMILES string of the molecule is CC(Cl)CNCCOC(C)(C)C. The summed E-state index contributed by atoms with van der Waals surface area (Å²) in [5.41, 5.74) is -0.0335. The molecular formula is C9H20ClNO. The minimum Gasteiger partial charge on any atom is -0.375 e. The summed E-state index contributed by atoms with van der Waals surface area (Å²) in [5, 5.41) is 3.39. The van der Waals surface area contributed by atoms with Crippen LogP contribution < -0.4 is 5.32 Å². The normalized spacial score (nSPS) is 14.8. The molecule has 0 radical (unpaired) electrons. The Bertz CT molecular complexity index is 110. The van der Waals surface area contributed by atoms with Gasteiger partial charge in [0, 0.05) is 18.5 Å². The van der Waals surface area contributed by atoms with Crippen LogP contribution in [0.5, 0.6) is 0 Å². The molecule has 3 heteroatoms. The van der Waals surface area contributed by atoms with E-state index in [2.05, 4.69) is 26.1 Å². The average Bonchev–Trinajstić information content (AvgIpc) is 1.83. The molecule has 12 heavy (non-hydrogen) atoms. The van der Waals surface area contributed by atoms with Crippen LogP contribution in [0.3, 0.4) is 0 Å². The van der Waals surface area contributed by atoms with Crippen LogP contribution in [-0.2, 0) is 4.74 Å². The van der Waals surface area contributed by atoms with E-state index in [0.717, 1.165) is 19.7 Å². The lowest BCUT2D eigenvalue weighted by atomic mass is 10.2. The molecule has 0 aromatic carbocycles. The first kappa shape index (κ1) is 12.2. The Morgan fingerprint density at radius 1 is 1.42 bits per heavy atom. The lowest BCUT2D eigenvalue weighted by Gasteiger charge is -2.19. The van der Waals surface area contributed by atoms with Gasteiger partial charge in [-0.1, -0.05) is 0 Å². The molecule has 1 N–H and O–H groups in total. The first-order valence-electron chi connectivity index (χ1n) is 4.40. The van der Waals surface area contributed by atoms with Gasteiger partial charge < -0.3 is 10.1 Å². The van der Waals surface area contributed by atoms with Gasteiger partial charge in [-0.3, -0.25) is 0 Å². The largest absolute Gasteiger partial charge is 0.375 e. The molecule has 1 unspecified atom stereocenters. The fraction of sp³-hybridized carbons (Fsp3) is 1.00. The van der Waals surface area contributed by atoms with Gasteiger partial charge in [0.05, 0.1) is 12.2 Å². The highest BCUT2D eigenvalue weighted by Crippen LogP contribution is 2.04. The van der Waals surface area contributed by atoms with Gasteiger partial charge >= 0.3 is 0 Å². The zero-order valence-corrected chi connectivity index (χ0v) is 9.24. The summed E-state index contributed by atoms with van der Waals surface area (Å²) in [7, 11) is 0. The topological polar surface area (TPSA) is 21.3 Å². The van der Waals surface area contributed by atoms with Crippen molar-refractivity contribution < 1.29 is 4.74 Å². The Hall–Kier alpha value is 0.210. The summed E-state index contributed by atoms with van der Waals surface area (Å²) < 4.78 is 5.51. The number of rotatable bonds is 5.